The first-order chi connectivity index (χ1) is 7.80. The fourth-order valence-corrected chi connectivity index (χ4v) is 2.15. The van der Waals surface area contributed by atoms with Crippen LogP contribution in [0.3, 0.4) is 0 Å². The average Bonchev–Trinajstić information content (AvgIpc) is 2.58. The molecule has 1 atom stereocenters. The molecule has 3 nitrogen and oxygen atoms in total. The first kappa shape index (κ1) is 11.9. The molecule has 17 heavy (non-hydrogen) atoms. The van der Waals surface area contributed by atoms with Crippen molar-refractivity contribution in [3.05, 3.63) is 23.3 Å². The normalized spacial score (nSPS) is 19.8. The Morgan fingerprint density at radius 1 is 1.53 bits per heavy atom. The van der Waals surface area contributed by atoms with Crippen LogP contribution in [-0.4, -0.2) is 21.4 Å². The molecule has 1 aliphatic rings. The third-order valence-electron chi connectivity index (χ3n) is 2.89. The van der Waals surface area contributed by atoms with Crippen molar-refractivity contribution in [3.8, 4) is 0 Å². The van der Waals surface area contributed by atoms with Gasteiger partial charge in [0.25, 0.3) is 0 Å². The minimum Gasteiger partial charge on any atom is -0.326 e. The Hall–Kier alpha value is -1.59. The lowest BCUT2D eigenvalue weighted by molar-refractivity contribution is -0.0591. The predicted octanol–water partition coefficient (Wildman–Crippen LogP) is 3.12. The van der Waals surface area contributed by atoms with Gasteiger partial charge in [0.1, 0.15) is 11.5 Å². The van der Waals surface area contributed by atoms with Crippen molar-refractivity contribution in [3.63, 3.8) is 0 Å². The van der Waals surface area contributed by atoms with Gasteiger partial charge in [-0.15, -0.1) is 0 Å². The molecule has 2 heterocycles. The summed E-state index contributed by atoms with van der Waals surface area (Å²) in [5.41, 5.74) is -0.600. The number of aromatic nitrogens is 2. The Kier molecular flexibility index (Phi) is 2.60. The lowest BCUT2D eigenvalue weighted by Crippen LogP contribution is -2.27. The summed E-state index contributed by atoms with van der Waals surface area (Å²) < 4.78 is 39.2. The Bertz CT molecular complexity index is 497. The van der Waals surface area contributed by atoms with Gasteiger partial charge in [0.2, 0.25) is 0 Å². The van der Waals surface area contributed by atoms with E-state index in [1.807, 2.05) is 18.4 Å². The summed E-state index contributed by atoms with van der Waals surface area (Å²) in [7, 11) is 0. The fourth-order valence-electron chi connectivity index (χ4n) is 2.15. The lowest BCUT2D eigenvalue weighted by atomic mass is 9.97. The Morgan fingerprint density at radius 2 is 2.18 bits per heavy atom. The van der Waals surface area contributed by atoms with Gasteiger partial charge in [-0.3, -0.25) is 5.41 Å². The maximum atomic E-state index is 12.5. The number of aryl methyl sites for hydroxylation is 1. The molecule has 1 aromatic heterocycles. The van der Waals surface area contributed by atoms with Gasteiger partial charge in [0, 0.05) is 6.04 Å². The van der Waals surface area contributed by atoms with Gasteiger partial charge >= 0.3 is 6.18 Å². The third-order valence-corrected chi connectivity index (χ3v) is 2.89. The molecule has 1 unspecified atom stereocenters. The van der Waals surface area contributed by atoms with Gasteiger partial charge in [-0.1, -0.05) is 0 Å². The van der Waals surface area contributed by atoms with Crippen molar-refractivity contribution in [2.75, 3.05) is 0 Å². The predicted molar refractivity (Wildman–Crippen MR) is 58.1 cm³/mol. The van der Waals surface area contributed by atoms with E-state index in [9.17, 15) is 13.2 Å². The van der Waals surface area contributed by atoms with Crippen LogP contribution in [0, 0.1) is 12.3 Å². The van der Waals surface area contributed by atoms with Gasteiger partial charge in [-0.05, 0) is 31.9 Å². The van der Waals surface area contributed by atoms with Crippen molar-refractivity contribution >= 4 is 11.8 Å². The lowest BCUT2D eigenvalue weighted by Gasteiger charge is -2.24. The molecule has 2 rings (SSSR count). The summed E-state index contributed by atoms with van der Waals surface area (Å²) >= 11 is 0. The van der Waals surface area contributed by atoms with Crippen molar-refractivity contribution in [1.29, 1.82) is 5.41 Å². The van der Waals surface area contributed by atoms with E-state index in [1.165, 1.54) is 12.3 Å². The third kappa shape index (κ3) is 1.99. The van der Waals surface area contributed by atoms with Gasteiger partial charge < -0.3 is 4.57 Å². The Morgan fingerprint density at radius 3 is 2.76 bits per heavy atom. The second-order valence-electron chi connectivity index (χ2n) is 4.20. The molecule has 0 saturated heterocycles. The van der Waals surface area contributed by atoms with Gasteiger partial charge in [0.05, 0.1) is 11.9 Å². The van der Waals surface area contributed by atoms with Gasteiger partial charge in [-0.2, -0.15) is 13.2 Å². The zero-order valence-electron chi connectivity index (χ0n) is 9.47. The number of fused-ring (bicyclic) bond motifs is 1. The molecule has 0 fully saturated rings. The molecule has 0 amide bonds. The maximum absolute atomic E-state index is 12.5. The van der Waals surface area contributed by atoms with Crippen LogP contribution in [0.4, 0.5) is 13.2 Å². The molecule has 0 radical (unpaired) electrons. The molecule has 0 aliphatic carbocycles. The molecule has 0 spiro atoms. The van der Waals surface area contributed by atoms with Crippen molar-refractivity contribution in [1.82, 2.24) is 9.55 Å². The van der Waals surface area contributed by atoms with Crippen LogP contribution in [0.5, 0.6) is 0 Å². The van der Waals surface area contributed by atoms with E-state index in [2.05, 4.69) is 4.98 Å². The first-order valence-corrected chi connectivity index (χ1v) is 5.21. The number of alkyl halides is 3. The first-order valence-electron chi connectivity index (χ1n) is 5.21. The molecule has 0 saturated carbocycles. The van der Waals surface area contributed by atoms with Crippen molar-refractivity contribution < 1.29 is 13.2 Å². The van der Waals surface area contributed by atoms with Crippen LogP contribution in [0.15, 0.2) is 11.8 Å². The molecular formula is C11H12F3N3. The standard InChI is InChI=1S/C11H12F3N3/c1-6-3-8(10(15)11(12,13)14)4-9-5-16-7(2)17(6)9/h4-6,15H,3H2,1-2H3. The van der Waals surface area contributed by atoms with Crippen LogP contribution in [0.1, 0.15) is 30.9 Å². The summed E-state index contributed by atoms with van der Waals surface area (Å²) in [5.74, 6) is 0.779. The highest BCUT2D eigenvalue weighted by molar-refractivity contribution is 6.05. The van der Waals surface area contributed by atoms with Gasteiger partial charge in [-0.25, -0.2) is 4.98 Å². The molecule has 1 N–H and O–H groups in total. The number of nitrogens with zero attached hydrogens (tertiary/aromatic N) is 2. The summed E-state index contributed by atoms with van der Waals surface area (Å²) in [6, 6.07) is -0.102. The highest BCUT2D eigenvalue weighted by atomic mass is 19.4. The average molecular weight is 243 g/mol. The molecule has 92 valence electrons. The van der Waals surface area contributed by atoms with E-state index in [-0.39, 0.29) is 18.0 Å². The van der Waals surface area contributed by atoms with E-state index in [0.29, 0.717) is 5.69 Å². The number of rotatable bonds is 1. The van der Waals surface area contributed by atoms with E-state index in [4.69, 9.17) is 5.41 Å². The second-order valence-corrected chi connectivity index (χ2v) is 4.20. The maximum Gasteiger partial charge on any atom is 0.432 e. The number of imidazole rings is 1. The Balaban J connectivity index is 2.42. The minimum atomic E-state index is -4.58. The largest absolute Gasteiger partial charge is 0.432 e. The van der Waals surface area contributed by atoms with Crippen LogP contribution in [0.2, 0.25) is 0 Å². The molecular weight excluding hydrogens is 231 g/mol. The zero-order chi connectivity index (χ0) is 12.8. The molecule has 1 aliphatic heterocycles. The highest BCUT2D eigenvalue weighted by Gasteiger charge is 2.38. The van der Waals surface area contributed by atoms with E-state index >= 15 is 0 Å². The second kappa shape index (κ2) is 3.72. The number of allylic oxidation sites excluding steroid dienone is 1. The van der Waals surface area contributed by atoms with Crippen molar-refractivity contribution in [2.45, 2.75) is 32.5 Å². The van der Waals surface area contributed by atoms with Crippen LogP contribution in [-0.2, 0) is 0 Å². The molecule has 1 aromatic rings. The zero-order valence-corrected chi connectivity index (χ0v) is 9.47. The topological polar surface area (TPSA) is 41.7 Å². The quantitative estimate of drug-likeness (QED) is 0.756. The molecule has 6 heteroatoms. The highest BCUT2D eigenvalue weighted by Crippen LogP contribution is 2.33. The summed E-state index contributed by atoms with van der Waals surface area (Å²) in [6.07, 6.45) is -1.43. The summed E-state index contributed by atoms with van der Waals surface area (Å²) in [5, 5.41) is 7.15. The number of nitrogens with one attached hydrogen (secondary N) is 1. The van der Waals surface area contributed by atoms with Crippen LogP contribution < -0.4 is 0 Å². The molecule has 0 bridgehead atoms. The number of hydrogen-bond acceptors (Lipinski definition) is 2. The molecule has 0 aromatic carbocycles. The van der Waals surface area contributed by atoms with E-state index in [1.54, 1.807) is 0 Å². The van der Waals surface area contributed by atoms with Crippen molar-refractivity contribution in [2.24, 2.45) is 0 Å². The van der Waals surface area contributed by atoms with Crippen LogP contribution >= 0.6 is 0 Å². The van der Waals surface area contributed by atoms with E-state index in [0.717, 1.165) is 5.82 Å². The monoisotopic (exact) mass is 243 g/mol. The number of halogens is 3. The van der Waals surface area contributed by atoms with E-state index < -0.39 is 11.9 Å². The van der Waals surface area contributed by atoms with Crippen LogP contribution in [0.25, 0.3) is 6.08 Å². The Labute approximate surface area is 96.5 Å². The summed E-state index contributed by atoms with van der Waals surface area (Å²) in [4.78, 5) is 4.07. The SMILES string of the molecule is Cc1ncc2n1C(C)CC(C(=N)C(F)(F)F)=C2. The number of hydrogen-bond donors (Lipinski definition) is 1. The summed E-state index contributed by atoms with van der Waals surface area (Å²) in [6.45, 7) is 3.64. The smallest absolute Gasteiger partial charge is 0.326 e. The minimum absolute atomic E-state index is 0.0254. The fraction of sp³-hybridized carbons (Fsp3) is 0.455. The van der Waals surface area contributed by atoms with Gasteiger partial charge in [0.15, 0.2) is 0 Å².